The Bertz CT molecular complexity index is 972. The third-order valence-electron chi connectivity index (χ3n) is 4.89. The first-order chi connectivity index (χ1) is 14.0. The molecule has 3 heterocycles. The van der Waals surface area contributed by atoms with Crippen molar-refractivity contribution in [3.8, 4) is 5.75 Å². The molecule has 0 spiro atoms. The molecule has 0 radical (unpaired) electrons. The van der Waals surface area contributed by atoms with Crippen molar-refractivity contribution in [2.24, 2.45) is 0 Å². The molecule has 0 aromatic carbocycles. The highest BCUT2D eigenvalue weighted by Gasteiger charge is 2.39. The number of anilines is 2. The van der Waals surface area contributed by atoms with Crippen LogP contribution < -0.4 is 14.5 Å². The lowest BCUT2D eigenvalue weighted by Gasteiger charge is -2.40. The highest BCUT2D eigenvalue weighted by atomic mass is 35.5. The van der Waals surface area contributed by atoms with Gasteiger partial charge in [0.05, 0.1) is 6.20 Å². The van der Waals surface area contributed by atoms with E-state index in [1.54, 1.807) is 4.90 Å². The summed E-state index contributed by atoms with van der Waals surface area (Å²) in [4.78, 5) is 22.4. The van der Waals surface area contributed by atoms with E-state index in [2.05, 4.69) is 24.9 Å². The van der Waals surface area contributed by atoms with Crippen LogP contribution >= 0.6 is 11.6 Å². The van der Waals surface area contributed by atoms with Crippen LogP contribution in [0.4, 0.5) is 24.9 Å². The van der Waals surface area contributed by atoms with Gasteiger partial charge >= 0.3 is 12.1 Å². The number of nitrogens with zero attached hydrogens (tertiary/aromatic N) is 6. The van der Waals surface area contributed by atoms with E-state index < -0.39 is 23.6 Å². The largest absolute Gasteiger partial charge is 0.437 e. The third-order valence-corrected chi connectivity index (χ3v) is 5.25. The molecule has 12 heteroatoms. The van der Waals surface area contributed by atoms with E-state index in [0.717, 1.165) is 24.2 Å². The Morgan fingerprint density at radius 3 is 2.53 bits per heavy atom. The number of ether oxygens (including phenoxy) is 1. The molecule has 1 aliphatic rings. The van der Waals surface area contributed by atoms with Crippen molar-refractivity contribution in [1.82, 2.24) is 20.2 Å². The molecule has 1 atom stereocenters. The molecule has 0 amide bonds. The summed E-state index contributed by atoms with van der Waals surface area (Å²) in [6.45, 7) is 7.95. The first-order valence-electron chi connectivity index (χ1n) is 9.12. The van der Waals surface area contributed by atoms with Gasteiger partial charge in [0.25, 0.3) is 0 Å². The van der Waals surface area contributed by atoms with E-state index in [1.807, 2.05) is 25.7 Å². The second-order valence-corrected chi connectivity index (χ2v) is 7.39. The maximum absolute atomic E-state index is 13.4. The summed E-state index contributed by atoms with van der Waals surface area (Å²) >= 11 is 6.01. The number of esters is 1. The molecule has 162 valence electrons. The van der Waals surface area contributed by atoms with Crippen LogP contribution in [-0.2, 0) is 11.0 Å². The average Bonchev–Trinajstić information content (AvgIpc) is 2.65. The average molecular weight is 445 g/mol. The number of piperazine rings is 1. The van der Waals surface area contributed by atoms with Crippen LogP contribution in [0.1, 0.15) is 30.7 Å². The molecule has 1 saturated heterocycles. The molecule has 3 rings (SSSR count). The number of hydrogen-bond acceptors (Lipinski definition) is 8. The van der Waals surface area contributed by atoms with Gasteiger partial charge in [0, 0.05) is 32.6 Å². The SMILES string of the molecule is CC(=O)Oc1cnc(N2CCN(c3nnc(Cl)c(C)c3C)C[C@H]2C)nc1C(F)(F)F. The number of aromatic nitrogens is 4. The molecule has 8 nitrogen and oxygen atoms in total. The van der Waals surface area contributed by atoms with Crippen LogP contribution in [0.15, 0.2) is 6.20 Å². The summed E-state index contributed by atoms with van der Waals surface area (Å²) in [5.41, 5.74) is 0.445. The van der Waals surface area contributed by atoms with Gasteiger partial charge in [0.2, 0.25) is 5.95 Å². The Labute approximate surface area is 176 Å². The second kappa shape index (κ2) is 8.21. The van der Waals surface area contributed by atoms with Crippen LogP contribution in [0, 0.1) is 13.8 Å². The molecule has 0 saturated carbocycles. The zero-order chi connectivity index (χ0) is 22.2. The van der Waals surface area contributed by atoms with E-state index in [-0.39, 0.29) is 12.0 Å². The summed E-state index contributed by atoms with van der Waals surface area (Å²) in [5.74, 6) is -0.993. The summed E-state index contributed by atoms with van der Waals surface area (Å²) in [7, 11) is 0. The molecule has 0 unspecified atom stereocenters. The first kappa shape index (κ1) is 22.0. The fraction of sp³-hybridized carbons (Fsp3) is 0.500. The minimum absolute atomic E-state index is 0.0829. The van der Waals surface area contributed by atoms with Crippen molar-refractivity contribution < 1.29 is 22.7 Å². The lowest BCUT2D eigenvalue weighted by molar-refractivity contribution is -0.144. The van der Waals surface area contributed by atoms with Gasteiger partial charge < -0.3 is 14.5 Å². The predicted molar refractivity (Wildman–Crippen MR) is 104 cm³/mol. The zero-order valence-corrected chi connectivity index (χ0v) is 17.5. The Balaban J connectivity index is 1.85. The van der Waals surface area contributed by atoms with Gasteiger partial charge in [-0.05, 0) is 31.9 Å². The molecular weight excluding hydrogens is 425 g/mol. The molecule has 0 aliphatic carbocycles. The highest BCUT2D eigenvalue weighted by molar-refractivity contribution is 6.30. The minimum Gasteiger partial charge on any atom is -0.423 e. The maximum Gasteiger partial charge on any atom is 0.437 e. The van der Waals surface area contributed by atoms with Crippen LogP contribution in [-0.4, -0.2) is 51.8 Å². The molecule has 30 heavy (non-hydrogen) atoms. The predicted octanol–water partition coefficient (Wildman–Crippen LogP) is 3.20. The van der Waals surface area contributed by atoms with Crippen molar-refractivity contribution in [1.29, 1.82) is 0 Å². The summed E-state index contributed by atoms with van der Waals surface area (Å²) in [6, 6.07) is -0.211. The number of rotatable bonds is 3. The fourth-order valence-electron chi connectivity index (χ4n) is 3.24. The minimum atomic E-state index is -4.79. The van der Waals surface area contributed by atoms with Crippen molar-refractivity contribution in [2.45, 2.75) is 39.9 Å². The Hall–Kier alpha value is -2.69. The van der Waals surface area contributed by atoms with E-state index in [1.165, 1.54) is 0 Å². The maximum atomic E-state index is 13.4. The van der Waals surface area contributed by atoms with E-state index in [4.69, 9.17) is 11.6 Å². The first-order valence-corrected chi connectivity index (χ1v) is 9.50. The van der Waals surface area contributed by atoms with Crippen molar-refractivity contribution >= 4 is 29.3 Å². The van der Waals surface area contributed by atoms with Gasteiger partial charge in [-0.25, -0.2) is 9.97 Å². The van der Waals surface area contributed by atoms with Gasteiger partial charge in [-0.3, -0.25) is 4.79 Å². The van der Waals surface area contributed by atoms with Crippen LogP contribution in [0.25, 0.3) is 0 Å². The fourth-order valence-corrected chi connectivity index (χ4v) is 3.42. The van der Waals surface area contributed by atoms with Crippen LogP contribution in [0.5, 0.6) is 5.75 Å². The number of alkyl halides is 3. The summed E-state index contributed by atoms with van der Waals surface area (Å²) in [6.07, 6.45) is -3.91. The number of halogens is 4. The smallest absolute Gasteiger partial charge is 0.423 e. The van der Waals surface area contributed by atoms with Gasteiger partial charge in [0.15, 0.2) is 22.4 Å². The highest BCUT2D eigenvalue weighted by Crippen LogP contribution is 2.36. The third kappa shape index (κ3) is 4.40. The summed E-state index contributed by atoms with van der Waals surface area (Å²) < 4.78 is 44.8. The second-order valence-electron chi connectivity index (χ2n) is 7.03. The standard InChI is InChI=1S/C18H20ClF3N6O2/c1-9-8-27(16-11(3)10(2)15(19)25-26-16)5-6-28(9)17-23-7-13(30-12(4)29)14(24-17)18(20,21)22/h7,9H,5-6,8H2,1-4H3/t9-/m1/s1. The van der Waals surface area contributed by atoms with Gasteiger partial charge in [-0.1, -0.05) is 11.6 Å². The number of carbonyl (C=O) groups is 1. The van der Waals surface area contributed by atoms with Crippen molar-refractivity contribution in [3.05, 3.63) is 28.2 Å². The Kier molecular flexibility index (Phi) is 6.02. The topological polar surface area (TPSA) is 84.3 Å². The molecule has 1 fully saturated rings. The van der Waals surface area contributed by atoms with E-state index >= 15 is 0 Å². The number of hydrogen-bond donors (Lipinski definition) is 0. The zero-order valence-electron chi connectivity index (χ0n) is 16.8. The van der Waals surface area contributed by atoms with Crippen LogP contribution in [0.2, 0.25) is 5.15 Å². The number of carbonyl (C=O) groups excluding carboxylic acids is 1. The lowest BCUT2D eigenvalue weighted by atomic mass is 10.1. The van der Waals surface area contributed by atoms with Gasteiger partial charge in [-0.2, -0.15) is 13.2 Å². The molecule has 0 bridgehead atoms. The van der Waals surface area contributed by atoms with E-state index in [9.17, 15) is 18.0 Å². The monoisotopic (exact) mass is 444 g/mol. The Morgan fingerprint density at radius 2 is 1.93 bits per heavy atom. The quantitative estimate of drug-likeness (QED) is 0.667. The van der Waals surface area contributed by atoms with Gasteiger partial charge in [0.1, 0.15) is 0 Å². The summed E-state index contributed by atoms with van der Waals surface area (Å²) in [5, 5.41) is 8.47. The molecule has 2 aromatic rings. The van der Waals surface area contributed by atoms with Crippen LogP contribution in [0.3, 0.4) is 0 Å². The normalized spacial score (nSPS) is 17.3. The van der Waals surface area contributed by atoms with E-state index in [0.29, 0.717) is 30.6 Å². The van der Waals surface area contributed by atoms with Crippen molar-refractivity contribution in [2.75, 3.05) is 29.4 Å². The Morgan fingerprint density at radius 1 is 1.23 bits per heavy atom. The molecule has 1 aliphatic heterocycles. The van der Waals surface area contributed by atoms with Crippen molar-refractivity contribution in [3.63, 3.8) is 0 Å². The lowest BCUT2D eigenvalue weighted by Crippen LogP contribution is -2.53. The molecule has 2 aromatic heterocycles. The molecule has 0 N–H and O–H groups in total. The molecular formula is C18H20ClF3N6O2. The van der Waals surface area contributed by atoms with Gasteiger partial charge in [-0.15, -0.1) is 10.2 Å².